The smallest absolute Gasteiger partial charge is 0.305 e. The van der Waals surface area contributed by atoms with Crippen LogP contribution in [-0.4, -0.2) is 53.6 Å². The Morgan fingerprint density at radius 2 is 2.19 bits per heavy atom. The van der Waals surface area contributed by atoms with Crippen molar-refractivity contribution in [2.75, 3.05) is 23.0 Å². The molecule has 0 bridgehead atoms. The van der Waals surface area contributed by atoms with Gasteiger partial charge in [-0.1, -0.05) is 6.92 Å². The molecule has 1 aromatic rings. The molecule has 116 valence electrons. The summed E-state index contributed by atoms with van der Waals surface area (Å²) in [6.45, 7) is 4.01. The summed E-state index contributed by atoms with van der Waals surface area (Å²) in [6.07, 6.45) is 0.524. The van der Waals surface area contributed by atoms with Crippen molar-refractivity contribution in [1.82, 2.24) is 9.97 Å². The number of hydrogen-bond acceptors (Lipinski definition) is 6. The van der Waals surface area contributed by atoms with Gasteiger partial charge in [-0.05, 0) is 13.3 Å². The Morgan fingerprint density at radius 3 is 2.81 bits per heavy atom. The van der Waals surface area contributed by atoms with E-state index in [0.717, 1.165) is 12.1 Å². The molecule has 1 N–H and O–H groups in total. The van der Waals surface area contributed by atoms with Crippen LogP contribution in [0.1, 0.15) is 24.9 Å². The van der Waals surface area contributed by atoms with Crippen molar-refractivity contribution in [3.05, 3.63) is 17.6 Å². The molecule has 0 amide bonds. The molecule has 0 aliphatic carbocycles. The van der Waals surface area contributed by atoms with Gasteiger partial charge in [0.25, 0.3) is 0 Å². The molecule has 21 heavy (non-hydrogen) atoms. The fraction of sp³-hybridized carbons (Fsp3) is 0.615. The van der Waals surface area contributed by atoms with Gasteiger partial charge < -0.3 is 10.0 Å². The number of rotatable bonds is 4. The van der Waals surface area contributed by atoms with Gasteiger partial charge in [-0.2, -0.15) is 0 Å². The Kier molecular flexibility index (Phi) is 4.46. The molecule has 0 saturated carbocycles. The third-order valence-corrected chi connectivity index (χ3v) is 5.17. The second-order valence-corrected chi connectivity index (χ2v) is 7.41. The Labute approximate surface area is 123 Å². The SMILES string of the molecule is CCc1cc(N2CCS(=O)(=O)CC2CC(=O)O)nc(C)n1. The van der Waals surface area contributed by atoms with E-state index in [0.29, 0.717) is 11.6 Å². The molecule has 1 aliphatic heterocycles. The van der Waals surface area contributed by atoms with E-state index in [1.807, 2.05) is 6.92 Å². The molecule has 1 saturated heterocycles. The van der Waals surface area contributed by atoms with E-state index in [2.05, 4.69) is 9.97 Å². The van der Waals surface area contributed by atoms with Crippen LogP contribution in [0.4, 0.5) is 5.82 Å². The summed E-state index contributed by atoms with van der Waals surface area (Å²) in [5, 5.41) is 9.00. The van der Waals surface area contributed by atoms with Crippen LogP contribution in [0.15, 0.2) is 6.07 Å². The van der Waals surface area contributed by atoms with Gasteiger partial charge in [0.2, 0.25) is 0 Å². The average molecular weight is 313 g/mol. The van der Waals surface area contributed by atoms with E-state index in [1.54, 1.807) is 17.9 Å². The first-order valence-electron chi connectivity index (χ1n) is 6.84. The molecule has 1 fully saturated rings. The van der Waals surface area contributed by atoms with Crippen LogP contribution in [0.2, 0.25) is 0 Å². The van der Waals surface area contributed by atoms with Crippen LogP contribution >= 0.6 is 0 Å². The molecule has 0 aromatic carbocycles. The molecule has 1 aliphatic rings. The first kappa shape index (κ1) is 15.7. The predicted molar refractivity (Wildman–Crippen MR) is 78.2 cm³/mol. The maximum Gasteiger partial charge on any atom is 0.305 e. The van der Waals surface area contributed by atoms with Crippen LogP contribution in [0.5, 0.6) is 0 Å². The number of aromatic nitrogens is 2. The van der Waals surface area contributed by atoms with Gasteiger partial charge in [0.05, 0.1) is 24.0 Å². The van der Waals surface area contributed by atoms with Gasteiger partial charge >= 0.3 is 5.97 Å². The van der Waals surface area contributed by atoms with E-state index >= 15 is 0 Å². The minimum absolute atomic E-state index is 0.0215. The second-order valence-electron chi connectivity index (χ2n) is 5.18. The van der Waals surface area contributed by atoms with Gasteiger partial charge in [0, 0.05) is 18.3 Å². The number of carbonyl (C=O) groups is 1. The Hall–Kier alpha value is -1.70. The van der Waals surface area contributed by atoms with Crippen LogP contribution < -0.4 is 4.90 Å². The van der Waals surface area contributed by atoms with Crippen LogP contribution in [0.25, 0.3) is 0 Å². The number of carboxylic acid groups (broad SMARTS) is 1. The molecule has 8 heteroatoms. The molecule has 0 radical (unpaired) electrons. The summed E-state index contributed by atoms with van der Waals surface area (Å²) >= 11 is 0. The van der Waals surface area contributed by atoms with Crippen LogP contribution in [0.3, 0.4) is 0 Å². The van der Waals surface area contributed by atoms with Crippen molar-refractivity contribution in [3.63, 3.8) is 0 Å². The summed E-state index contributed by atoms with van der Waals surface area (Å²) < 4.78 is 23.5. The molecular formula is C13H19N3O4S. The number of carboxylic acids is 1. The number of nitrogens with zero attached hydrogens (tertiary/aromatic N) is 3. The maximum atomic E-state index is 11.8. The second kappa shape index (κ2) is 5.97. The first-order valence-corrected chi connectivity index (χ1v) is 8.66. The highest BCUT2D eigenvalue weighted by atomic mass is 32.2. The Balaban J connectivity index is 2.35. The lowest BCUT2D eigenvalue weighted by Crippen LogP contribution is -2.50. The molecule has 1 aromatic heterocycles. The minimum atomic E-state index is -3.19. The summed E-state index contributed by atoms with van der Waals surface area (Å²) in [6, 6.07) is 1.22. The Bertz CT molecular complexity index is 645. The Morgan fingerprint density at radius 1 is 1.48 bits per heavy atom. The highest BCUT2D eigenvalue weighted by molar-refractivity contribution is 7.91. The normalized spacial score (nSPS) is 21.2. The molecule has 0 spiro atoms. The maximum absolute atomic E-state index is 11.8. The van der Waals surface area contributed by atoms with Crippen LogP contribution in [0, 0.1) is 6.92 Å². The van der Waals surface area contributed by atoms with Gasteiger partial charge in [-0.15, -0.1) is 0 Å². The fourth-order valence-electron chi connectivity index (χ4n) is 2.50. The third kappa shape index (κ3) is 3.90. The van der Waals surface area contributed by atoms with E-state index in [-0.39, 0.29) is 24.5 Å². The topological polar surface area (TPSA) is 100 Å². The highest BCUT2D eigenvalue weighted by Gasteiger charge is 2.33. The first-order chi connectivity index (χ1) is 9.80. The zero-order chi connectivity index (χ0) is 15.6. The monoisotopic (exact) mass is 313 g/mol. The summed E-state index contributed by atoms with van der Waals surface area (Å²) in [5.74, 6) is 0.0770. The number of sulfone groups is 1. The van der Waals surface area contributed by atoms with Crippen molar-refractivity contribution >= 4 is 21.6 Å². The fourth-order valence-corrected chi connectivity index (χ4v) is 4.02. The minimum Gasteiger partial charge on any atom is -0.481 e. The zero-order valence-electron chi connectivity index (χ0n) is 12.1. The van der Waals surface area contributed by atoms with Crippen molar-refractivity contribution in [2.45, 2.75) is 32.7 Å². The van der Waals surface area contributed by atoms with E-state index in [1.165, 1.54) is 0 Å². The van der Waals surface area contributed by atoms with Gasteiger partial charge in [-0.3, -0.25) is 4.79 Å². The van der Waals surface area contributed by atoms with Gasteiger partial charge in [0.15, 0.2) is 9.84 Å². The number of hydrogen-bond donors (Lipinski definition) is 1. The average Bonchev–Trinajstić information content (AvgIpc) is 2.36. The van der Waals surface area contributed by atoms with Crippen molar-refractivity contribution < 1.29 is 18.3 Å². The molecular weight excluding hydrogens is 294 g/mol. The number of aliphatic carboxylic acids is 1. The molecule has 1 atom stereocenters. The predicted octanol–water partition coefficient (Wildman–Crippen LogP) is 0.426. The lowest BCUT2D eigenvalue weighted by atomic mass is 10.2. The van der Waals surface area contributed by atoms with Crippen molar-refractivity contribution in [2.24, 2.45) is 0 Å². The summed E-state index contributed by atoms with van der Waals surface area (Å²) in [4.78, 5) is 21.4. The van der Waals surface area contributed by atoms with Gasteiger partial charge in [-0.25, -0.2) is 18.4 Å². The molecule has 2 heterocycles. The van der Waals surface area contributed by atoms with Gasteiger partial charge in [0.1, 0.15) is 11.6 Å². The standard InChI is InChI=1S/C13H19N3O4S/c1-3-10-6-12(15-9(2)14-10)16-4-5-21(19,20)8-11(16)7-13(17)18/h6,11H,3-5,7-8H2,1-2H3,(H,17,18). The van der Waals surface area contributed by atoms with E-state index < -0.39 is 21.8 Å². The lowest BCUT2D eigenvalue weighted by molar-refractivity contribution is -0.137. The lowest BCUT2D eigenvalue weighted by Gasteiger charge is -2.35. The highest BCUT2D eigenvalue weighted by Crippen LogP contribution is 2.22. The van der Waals surface area contributed by atoms with Crippen molar-refractivity contribution in [3.8, 4) is 0 Å². The number of anilines is 1. The molecule has 2 rings (SSSR count). The zero-order valence-corrected chi connectivity index (χ0v) is 12.9. The van der Waals surface area contributed by atoms with Crippen molar-refractivity contribution in [1.29, 1.82) is 0 Å². The number of aryl methyl sites for hydroxylation is 2. The summed E-state index contributed by atoms with van der Waals surface area (Å²) in [7, 11) is -3.19. The summed E-state index contributed by atoms with van der Waals surface area (Å²) in [5.41, 5.74) is 0.861. The molecule has 7 nitrogen and oxygen atoms in total. The largest absolute Gasteiger partial charge is 0.481 e. The van der Waals surface area contributed by atoms with E-state index in [4.69, 9.17) is 5.11 Å². The van der Waals surface area contributed by atoms with Crippen LogP contribution in [-0.2, 0) is 21.1 Å². The van der Waals surface area contributed by atoms with E-state index in [9.17, 15) is 13.2 Å². The molecule has 1 unspecified atom stereocenters. The quantitative estimate of drug-likeness (QED) is 0.860. The third-order valence-electron chi connectivity index (χ3n) is 3.47.